The molecule has 0 aliphatic heterocycles. The number of benzene rings is 1. The summed E-state index contributed by atoms with van der Waals surface area (Å²) >= 11 is 8.95. The second kappa shape index (κ2) is 6.16. The van der Waals surface area contributed by atoms with Gasteiger partial charge in [0.1, 0.15) is 28.2 Å². The summed E-state index contributed by atoms with van der Waals surface area (Å²) < 4.78 is 19.4. The van der Waals surface area contributed by atoms with Gasteiger partial charge in [-0.2, -0.15) is 0 Å². The Labute approximate surface area is 123 Å². The molecule has 0 spiro atoms. The number of aromatic nitrogens is 2. The normalized spacial score (nSPS) is 10.3. The Bertz CT molecular complexity index is 597. The number of ether oxygens (including phenoxy) is 1. The maximum Gasteiger partial charge on any atom is 0.238 e. The Kier molecular flexibility index (Phi) is 4.55. The van der Waals surface area contributed by atoms with Crippen molar-refractivity contribution in [2.24, 2.45) is 0 Å². The monoisotopic (exact) mass is 345 g/mol. The van der Waals surface area contributed by atoms with E-state index in [-0.39, 0.29) is 5.02 Å². The number of rotatable bonds is 4. The molecule has 1 aromatic heterocycles. The lowest BCUT2D eigenvalue weighted by Crippen LogP contribution is -2.02. The Hall–Kier alpha value is -1.40. The molecule has 0 fully saturated rings. The van der Waals surface area contributed by atoms with Gasteiger partial charge in [0, 0.05) is 12.6 Å². The third-order valence-corrected chi connectivity index (χ3v) is 3.23. The van der Waals surface area contributed by atoms with Crippen molar-refractivity contribution in [3.63, 3.8) is 0 Å². The van der Waals surface area contributed by atoms with E-state index in [9.17, 15) is 4.39 Å². The van der Waals surface area contributed by atoms with Crippen molar-refractivity contribution >= 4 is 33.3 Å². The Balaban J connectivity index is 2.27. The highest BCUT2D eigenvalue weighted by molar-refractivity contribution is 9.10. The molecule has 0 unspecified atom stereocenters. The summed E-state index contributed by atoms with van der Waals surface area (Å²) in [6.45, 7) is 2.66. The largest absolute Gasteiger partial charge is 0.438 e. The predicted octanol–water partition coefficient (Wildman–Crippen LogP) is 4.26. The van der Waals surface area contributed by atoms with Crippen LogP contribution in [0, 0.1) is 5.82 Å². The fourth-order valence-electron chi connectivity index (χ4n) is 1.37. The van der Waals surface area contributed by atoms with Crippen LogP contribution in [0.25, 0.3) is 0 Å². The molecule has 0 amide bonds. The molecular weight excluding hydrogens is 337 g/mol. The maximum absolute atomic E-state index is 13.3. The topological polar surface area (TPSA) is 47.0 Å². The average molecular weight is 347 g/mol. The van der Waals surface area contributed by atoms with Crippen molar-refractivity contribution in [3.05, 3.63) is 39.8 Å². The van der Waals surface area contributed by atoms with Crippen molar-refractivity contribution in [2.45, 2.75) is 6.92 Å². The minimum Gasteiger partial charge on any atom is -0.438 e. The van der Waals surface area contributed by atoms with Gasteiger partial charge < -0.3 is 10.1 Å². The van der Waals surface area contributed by atoms with Gasteiger partial charge >= 0.3 is 0 Å². The summed E-state index contributed by atoms with van der Waals surface area (Å²) in [4.78, 5) is 8.05. The second-order valence-corrected chi connectivity index (χ2v) is 4.75. The molecule has 7 heteroatoms. The lowest BCUT2D eigenvalue weighted by atomic mass is 10.3. The third-order valence-electron chi connectivity index (χ3n) is 2.21. The van der Waals surface area contributed by atoms with E-state index >= 15 is 0 Å². The molecule has 0 saturated carbocycles. The minimum absolute atomic E-state index is 0.0439. The van der Waals surface area contributed by atoms with Crippen LogP contribution in [0.15, 0.2) is 29.0 Å². The van der Waals surface area contributed by atoms with Gasteiger partial charge in [-0.1, -0.05) is 11.6 Å². The van der Waals surface area contributed by atoms with E-state index in [1.165, 1.54) is 18.5 Å². The van der Waals surface area contributed by atoms with Crippen LogP contribution in [-0.4, -0.2) is 16.5 Å². The number of nitrogens with one attached hydrogen (secondary N) is 1. The zero-order valence-electron chi connectivity index (χ0n) is 9.95. The van der Waals surface area contributed by atoms with Gasteiger partial charge in [-0.3, -0.25) is 0 Å². The molecule has 2 rings (SSSR count). The lowest BCUT2D eigenvalue weighted by Gasteiger charge is -2.10. The van der Waals surface area contributed by atoms with Gasteiger partial charge in [-0.15, -0.1) is 0 Å². The molecule has 0 aliphatic rings. The molecule has 0 radical (unpaired) electrons. The molecule has 19 heavy (non-hydrogen) atoms. The van der Waals surface area contributed by atoms with E-state index in [4.69, 9.17) is 16.3 Å². The van der Waals surface area contributed by atoms with E-state index in [1.807, 2.05) is 6.92 Å². The zero-order chi connectivity index (χ0) is 13.8. The first-order valence-electron chi connectivity index (χ1n) is 5.49. The average Bonchev–Trinajstić information content (AvgIpc) is 2.39. The highest BCUT2D eigenvalue weighted by Gasteiger charge is 2.11. The first-order valence-corrected chi connectivity index (χ1v) is 6.66. The summed E-state index contributed by atoms with van der Waals surface area (Å²) in [5.74, 6) is 0.676. The second-order valence-electron chi connectivity index (χ2n) is 3.55. The molecule has 0 bridgehead atoms. The smallest absolute Gasteiger partial charge is 0.238 e. The molecule has 1 aromatic carbocycles. The van der Waals surface area contributed by atoms with Crippen molar-refractivity contribution in [1.29, 1.82) is 0 Å². The fraction of sp³-hybridized carbons (Fsp3) is 0.167. The van der Waals surface area contributed by atoms with Crippen LogP contribution >= 0.6 is 27.5 Å². The standard InChI is InChI=1S/C12H10BrClFN3O/c1-2-16-11-10(13)12(18-6-17-11)19-7-3-4-8(14)9(15)5-7/h3-6H,2H2,1H3,(H,16,17,18). The van der Waals surface area contributed by atoms with Gasteiger partial charge in [0.2, 0.25) is 5.88 Å². The number of nitrogens with zero attached hydrogens (tertiary/aromatic N) is 2. The minimum atomic E-state index is -0.545. The summed E-state index contributed by atoms with van der Waals surface area (Å²) in [5, 5.41) is 3.09. The molecule has 1 N–H and O–H groups in total. The van der Waals surface area contributed by atoms with Crippen molar-refractivity contribution in [1.82, 2.24) is 9.97 Å². The quantitative estimate of drug-likeness (QED) is 0.899. The van der Waals surface area contributed by atoms with Crippen LogP contribution < -0.4 is 10.1 Å². The molecule has 0 atom stereocenters. The number of anilines is 1. The first-order chi connectivity index (χ1) is 9.11. The molecule has 100 valence electrons. The molecular formula is C12H10BrClFN3O. The van der Waals surface area contributed by atoms with Crippen molar-refractivity contribution in [3.8, 4) is 11.6 Å². The highest BCUT2D eigenvalue weighted by atomic mass is 79.9. The van der Waals surface area contributed by atoms with Gasteiger partial charge in [-0.05, 0) is 35.0 Å². The van der Waals surface area contributed by atoms with Crippen LogP contribution in [0.2, 0.25) is 5.02 Å². The van der Waals surface area contributed by atoms with Crippen LogP contribution in [0.1, 0.15) is 6.92 Å². The number of halogens is 3. The van der Waals surface area contributed by atoms with Crippen molar-refractivity contribution in [2.75, 3.05) is 11.9 Å². The van der Waals surface area contributed by atoms with E-state index in [1.54, 1.807) is 6.07 Å². The van der Waals surface area contributed by atoms with E-state index in [0.717, 1.165) is 0 Å². The summed E-state index contributed by atoms with van der Waals surface area (Å²) in [7, 11) is 0. The third kappa shape index (κ3) is 3.33. The van der Waals surface area contributed by atoms with Crippen LogP contribution in [0.5, 0.6) is 11.6 Å². The van der Waals surface area contributed by atoms with Crippen molar-refractivity contribution < 1.29 is 9.13 Å². The van der Waals surface area contributed by atoms with E-state index in [0.29, 0.717) is 28.5 Å². The van der Waals surface area contributed by atoms with Gasteiger partial charge in [0.25, 0.3) is 0 Å². The lowest BCUT2D eigenvalue weighted by molar-refractivity contribution is 0.454. The molecule has 1 heterocycles. The summed E-state index contributed by atoms with van der Waals surface area (Å²) in [6.07, 6.45) is 1.37. The molecule has 4 nitrogen and oxygen atoms in total. The Morgan fingerprint density at radius 3 is 2.89 bits per heavy atom. The Morgan fingerprint density at radius 1 is 1.42 bits per heavy atom. The van der Waals surface area contributed by atoms with Gasteiger partial charge in [-0.25, -0.2) is 14.4 Å². The summed E-state index contributed by atoms with van der Waals surface area (Å²) in [6, 6.07) is 4.18. The van der Waals surface area contributed by atoms with E-state index in [2.05, 4.69) is 31.2 Å². The number of hydrogen-bond donors (Lipinski definition) is 1. The number of hydrogen-bond acceptors (Lipinski definition) is 4. The fourth-order valence-corrected chi connectivity index (χ4v) is 1.91. The highest BCUT2D eigenvalue weighted by Crippen LogP contribution is 2.32. The molecule has 2 aromatic rings. The summed E-state index contributed by atoms with van der Waals surface area (Å²) in [5.41, 5.74) is 0. The van der Waals surface area contributed by atoms with Crippen LogP contribution in [-0.2, 0) is 0 Å². The molecule has 0 aliphatic carbocycles. The maximum atomic E-state index is 13.3. The Morgan fingerprint density at radius 2 is 2.21 bits per heavy atom. The van der Waals surface area contributed by atoms with E-state index < -0.39 is 5.82 Å². The zero-order valence-corrected chi connectivity index (χ0v) is 12.3. The molecule has 0 saturated heterocycles. The van der Waals surface area contributed by atoms with Gasteiger partial charge in [0.05, 0.1) is 5.02 Å². The SMILES string of the molecule is CCNc1ncnc(Oc2ccc(Cl)c(F)c2)c1Br. The van der Waals surface area contributed by atoms with Gasteiger partial charge in [0.15, 0.2) is 0 Å². The predicted molar refractivity (Wildman–Crippen MR) is 75.4 cm³/mol. The van der Waals surface area contributed by atoms with Crippen LogP contribution in [0.4, 0.5) is 10.2 Å². The van der Waals surface area contributed by atoms with Crippen LogP contribution in [0.3, 0.4) is 0 Å². The first kappa shape index (κ1) is 14.0.